The van der Waals surface area contributed by atoms with Crippen LogP contribution in [0.25, 0.3) is 6.08 Å². The molecule has 2 N–H and O–H groups in total. The summed E-state index contributed by atoms with van der Waals surface area (Å²) in [6.07, 6.45) is 3.91. The van der Waals surface area contributed by atoms with Crippen LogP contribution in [0.2, 0.25) is 0 Å². The minimum atomic E-state index is -0.0693. The van der Waals surface area contributed by atoms with Gasteiger partial charge in [-0.2, -0.15) is 0 Å². The maximum atomic E-state index is 10.9. The van der Waals surface area contributed by atoms with E-state index < -0.39 is 0 Å². The zero-order chi connectivity index (χ0) is 10.8. The molecular formula is C12H12N2O. The van der Waals surface area contributed by atoms with E-state index >= 15 is 0 Å². The second-order valence-electron chi connectivity index (χ2n) is 3.47. The molecule has 1 aromatic rings. The molecule has 0 aromatic heterocycles. The fourth-order valence-corrected chi connectivity index (χ4v) is 1.50. The Morgan fingerprint density at radius 2 is 2.20 bits per heavy atom. The third kappa shape index (κ3) is 2.07. The molecule has 3 nitrogen and oxygen atoms in total. The molecular weight excluding hydrogens is 188 g/mol. The van der Waals surface area contributed by atoms with Crippen LogP contribution in [0, 0.1) is 0 Å². The summed E-state index contributed by atoms with van der Waals surface area (Å²) in [5, 5.41) is 5.88. The number of benzene rings is 1. The standard InChI is InChI=1S/C12H12N2O/c1-8-3-4-10-5-6-11(14-9(2)15)7-12(10)13-8/h3-7,13H,1H2,2H3,(H,14,15). The summed E-state index contributed by atoms with van der Waals surface area (Å²) in [4.78, 5) is 10.9. The molecule has 1 amide bonds. The second-order valence-corrected chi connectivity index (χ2v) is 3.47. The van der Waals surface area contributed by atoms with E-state index in [1.165, 1.54) is 6.92 Å². The third-order valence-corrected chi connectivity index (χ3v) is 2.13. The molecule has 0 fully saturated rings. The molecule has 1 heterocycles. The van der Waals surface area contributed by atoms with Crippen LogP contribution in [-0.4, -0.2) is 5.91 Å². The molecule has 0 aliphatic carbocycles. The number of carbonyl (C=O) groups excluding carboxylic acids is 1. The van der Waals surface area contributed by atoms with Crippen molar-refractivity contribution in [2.45, 2.75) is 6.92 Å². The molecule has 0 saturated carbocycles. The van der Waals surface area contributed by atoms with Crippen LogP contribution in [0.5, 0.6) is 0 Å². The van der Waals surface area contributed by atoms with E-state index in [9.17, 15) is 4.79 Å². The van der Waals surface area contributed by atoms with Crippen molar-refractivity contribution >= 4 is 23.4 Å². The lowest BCUT2D eigenvalue weighted by molar-refractivity contribution is -0.114. The highest BCUT2D eigenvalue weighted by molar-refractivity contribution is 5.90. The third-order valence-electron chi connectivity index (χ3n) is 2.13. The average Bonchev–Trinajstić information content (AvgIpc) is 2.16. The summed E-state index contributed by atoms with van der Waals surface area (Å²) >= 11 is 0. The van der Waals surface area contributed by atoms with E-state index in [1.807, 2.05) is 30.4 Å². The lowest BCUT2D eigenvalue weighted by atomic mass is 10.1. The SMILES string of the molecule is C=C1C=Cc2ccc(NC(C)=O)cc2N1. The average molecular weight is 200 g/mol. The van der Waals surface area contributed by atoms with Crippen LogP contribution in [-0.2, 0) is 4.79 Å². The van der Waals surface area contributed by atoms with E-state index in [0.717, 1.165) is 22.6 Å². The summed E-state index contributed by atoms with van der Waals surface area (Å²) in [6, 6.07) is 5.72. The van der Waals surface area contributed by atoms with Crippen molar-refractivity contribution in [1.82, 2.24) is 0 Å². The van der Waals surface area contributed by atoms with Crippen molar-refractivity contribution < 1.29 is 4.79 Å². The first kappa shape index (κ1) is 9.52. The van der Waals surface area contributed by atoms with Crippen LogP contribution in [0.3, 0.4) is 0 Å². The highest BCUT2D eigenvalue weighted by Gasteiger charge is 2.06. The first-order valence-corrected chi connectivity index (χ1v) is 4.71. The Morgan fingerprint density at radius 1 is 1.40 bits per heavy atom. The number of carbonyl (C=O) groups is 1. The number of rotatable bonds is 1. The topological polar surface area (TPSA) is 41.1 Å². The van der Waals surface area contributed by atoms with Gasteiger partial charge in [0.25, 0.3) is 0 Å². The molecule has 1 aliphatic rings. The zero-order valence-corrected chi connectivity index (χ0v) is 8.50. The highest BCUT2D eigenvalue weighted by Crippen LogP contribution is 2.27. The largest absolute Gasteiger partial charge is 0.355 e. The van der Waals surface area contributed by atoms with E-state index in [1.54, 1.807) is 0 Å². The fourth-order valence-electron chi connectivity index (χ4n) is 1.50. The number of anilines is 2. The molecule has 76 valence electrons. The number of fused-ring (bicyclic) bond motifs is 1. The lowest BCUT2D eigenvalue weighted by Crippen LogP contribution is -2.07. The molecule has 0 unspecified atom stereocenters. The molecule has 0 radical (unpaired) electrons. The van der Waals surface area contributed by atoms with Crippen molar-refractivity contribution in [2.24, 2.45) is 0 Å². The van der Waals surface area contributed by atoms with Gasteiger partial charge in [-0.15, -0.1) is 0 Å². The summed E-state index contributed by atoms with van der Waals surface area (Å²) in [5.74, 6) is -0.0693. The van der Waals surface area contributed by atoms with Crippen LogP contribution in [0.1, 0.15) is 12.5 Å². The van der Waals surface area contributed by atoms with E-state index in [2.05, 4.69) is 17.2 Å². The lowest BCUT2D eigenvalue weighted by Gasteiger charge is -2.15. The minimum Gasteiger partial charge on any atom is -0.355 e. The maximum absolute atomic E-state index is 10.9. The van der Waals surface area contributed by atoms with Gasteiger partial charge >= 0.3 is 0 Å². The minimum absolute atomic E-state index is 0.0693. The molecule has 0 saturated heterocycles. The second kappa shape index (κ2) is 3.61. The van der Waals surface area contributed by atoms with Gasteiger partial charge in [-0.05, 0) is 23.8 Å². The molecule has 1 aliphatic heterocycles. The Hall–Kier alpha value is -2.03. The Bertz CT molecular complexity index is 461. The predicted molar refractivity (Wildman–Crippen MR) is 62.5 cm³/mol. The van der Waals surface area contributed by atoms with Crippen LogP contribution in [0.4, 0.5) is 11.4 Å². The van der Waals surface area contributed by atoms with Crippen molar-refractivity contribution in [3.8, 4) is 0 Å². The molecule has 1 aromatic carbocycles. The van der Waals surface area contributed by atoms with Gasteiger partial charge in [0, 0.05) is 24.0 Å². The molecule has 0 atom stereocenters. The van der Waals surface area contributed by atoms with Crippen LogP contribution < -0.4 is 10.6 Å². The molecule has 0 bridgehead atoms. The molecule has 2 rings (SSSR count). The smallest absolute Gasteiger partial charge is 0.221 e. The molecule has 0 spiro atoms. The summed E-state index contributed by atoms with van der Waals surface area (Å²) in [7, 11) is 0. The summed E-state index contributed by atoms with van der Waals surface area (Å²) in [6.45, 7) is 5.31. The Balaban J connectivity index is 2.33. The van der Waals surface area contributed by atoms with Crippen molar-refractivity contribution in [3.63, 3.8) is 0 Å². The Morgan fingerprint density at radius 3 is 2.93 bits per heavy atom. The maximum Gasteiger partial charge on any atom is 0.221 e. The van der Waals surface area contributed by atoms with Crippen molar-refractivity contribution in [3.05, 3.63) is 42.1 Å². The number of hydrogen-bond acceptors (Lipinski definition) is 2. The number of nitrogens with one attached hydrogen (secondary N) is 2. The van der Waals surface area contributed by atoms with Gasteiger partial charge in [-0.25, -0.2) is 0 Å². The van der Waals surface area contributed by atoms with Gasteiger partial charge in [0.05, 0.1) is 0 Å². The monoisotopic (exact) mass is 200 g/mol. The summed E-state index contributed by atoms with van der Waals surface area (Å²) < 4.78 is 0. The number of allylic oxidation sites excluding steroid dienone is 1. The quantitative estimate of drug-likeness (QED) is 0.731. The highest BCUT2D eigenvalue weighted by atomic mass is 16.1. The number of hydrogen-bond donors (Lipinski definition) is 2. The van der Waals surface area contributed by atoms with Gasteiger partial charge in [-0.1, -0.05) is 18.7 Å². The Kier molecular flexibility index (Phi) is 2.29. The fraction of sp³-hybridized carbons (Fsp3) is 0.0833. The first-order chi connectivity index (χ1) is 7.15. The van der Waals surface area contributed by atoms with Gasteiger partial charge in [0.1, 0.15) is 0 Å². The van der Waals surface area contributed by atoms with E-state index in [0.29, 0.717) is 0 Å². The first-order valence-electron chi connectivity index (χ1n) is 4.71. The van der Waals surface area contributed by atoms with Gasteiger partial charge < -0.3 is 10.6 Å². The van der Waals surface area contributed by atoms with E-state index in [4.69, 9.17) is 0 Å². The van der Waals surface area contributed by atoms with Gasteiger partial charge in [0.2, 0.25) is 5.91 Å². The molecule has 15 heavy (non-hydrogen) atoms. The Labute approximate surface area is 88.5 Å². The van der Waals surface area contributed by atoms with Crippen LogP contribution in [0.15, 0.2) is 36.6 Å². The summed E-state index contributed by atoms with van der Waals surface area (Å²) in [5.41, 5.74) is 3.70. The van der Waals surface area contributed by atoms with E-state index in [-0.39, 0.29) is 5.91 Å². The molecule has 3 heteroatoms. The van der Waals surface area contributed by atoms with Crippen molar-refractivity contribution in [2.75, 3.05) is 10.6 Å². The van der Waals surface area contributed by atoms with Crippen molar-refractivity contribution in [1.29, 1.82) is 0 Å². The van der Waals surface area contributed by atoms with Crippen LogP contribution >= 0.6 is 0 Å². The predicted octanol–water partition coefficient (Wildman–Crippen LogP) is 2.60. The number of amides is 1. The zero-order valence-electron chi connectivity index (χ0n) is 8.50. The van der Waals surface area contributed by atoms with Gasteiger partial charge in [0.15, 0.2) is 0 Å². The van der Waals surface area contributed by atoms with Gasteiger partial charge in [-0.3, -0.25) is 4.79 Å². The normalized spacial score (nSPS) is 13.0.